The Bertz CT molecular complexity index is 391. The minimum atomic E-state index is -0.636. The maximum absolute atomic E-state index is 10.6. The van der Waals surface area contributed by atoms with Gasteiger partial charge in [-0.25, -0.2) is 0 Å². The van der Waals surface area contributed by atoms with E-state index in [0.29, 0.717) is 6.42 Å². The monoisotopic (exact) mass is 352 g/mol. The van der Waals surface area contributed by atoms with Gasteiger partial charge in [0.1, 0.15) is 0 Å². The van der Waals surface area contributed by atoms with E-state index in [1.165, 1.54) is 76.4 Å². The summed E-state index contributed by atoms with van der Waals surface area (Å²) in [5.74, 6) is 4.89. The van der Waals surface area contributed by atoms with Crippen molar-refractivity contribution in [2.24, 2.45) is 23.7 Å². The van der Waals surface area contributed by atoms with E-state index in [1.807, 2.05) is 0 Å². The van der Waals surface area contributed by atoms with E-state index in [9.17, 15) is 4.79 Å². The SMILES string of the molecule is O=C(O)CCCCCCC1C2CCC(C2)C1CSC1CCCCC1. The lowest BCUT2D eigenvalue weighted by Gasteiger charge is -2.32. The van der Waals surface area contributed by atoms with Crippen molar-refractivity contribution in [1.29, 1.82) is 0 Å². The number of aliphatic carboxylic acids is 1. The molecule has 3 rings (SSSR count). The van der Waals surface area contributed by atoms with Gasteiger partial charge in [-0.1, -0.05) is 38.5 Å². The van der Waals surface area contributed by atoms with Gasteiger partial charge in [-0.2, -0.15) is 11.8 Å². The molecule has 2 bridgehead atoms. The predicted octanol–water partition coefficient (Wildman–Crippen LogP) is 6.14. The largest absolute Gasteiger partial charge is 0.481 e. The third-order valence-corrected chi connectivity index (χ3v) is 8.55. The van der Waals surface area contributed by atoms with Gasteiger partial charge in [-0.3, -0.25) is 4.79 Å². The number of rotatable bonds is 10. The lowest BCUT2D eigenvalue weighted by Crippen LogP contribution is -2.25. The summed E-state index contributed by atoms with van der Waals surface area (Å²) < 4.78 is 0. The predicted molar refractivity (Wildman–Crippen MR) is 102 cm³/mol. The Balaban J connectivity index is 1.37. The van der Waals surface area contributed by atoms with Crippen LogP contribution in [0.25, 0.3) is 0 Å². The molecule has 3 heteroatoms. The van der Waals surface area contributed by atoms with Crippen molar-refractivity contribution >= 4 is 17.7 Å². The summed E-state index contributed by atoms with van der Waals surface area (Å²) in [5.41, 5.74) is 0. The van der Waals surface area contributed by atoms with Crippen molar-refractivity contribution < 1.29 is 9.90 Å². The van der Waals surface area contributed by atoms with Gasteiger partial charge in [0.05, 0.1) is 0 Å². The molecule has 1 N–H and O–H groups in total. The van der Waals surface area contributed by atoms with Gasteiger partial charge in [0.25, 0.3) is 0 Å². The first kappa shape index (κ1) is 18.6. The quantitative estimate of drug-likeness (QED) is 0.480. The average Bonchev–Trinajstić information content (AvgIpc) is 3.18. The zero-order valence-electron chi connectivity index (χ0n) is 15.3. The van der Waals surface area contributed by atoms with Crippen LogP contribution in [0, 0.1) is 23.7 Å². The van der Waals surface area contributed by atoms with E-state index < -0.39 is 5.97 Å². The molecule has 4 atom stereocenters. The van der Waals surface area contributed by atoms with Crippen LogP contribution in [-0.4, -0.2) is 22.1 Å². The van der Waals surface area contributed by atoms with Gasteiger partial charge in [0.2, 0.25) is 0 Å². The Morgan fingerprint density at radius 2 is 1.58 bits per heavy atom. The molecule has 138 valence electrons. The summed E-state index contributed by atoms with van der Waals surface area (Å²) in [6.45, 7) is 0. The fourth-order valence-corrected chi connectivity index (χ4v) is 7.41. The summed E-state index contributed by atoms with van der Waals surface area (Å²) >= 11 is 2.32. The Labute approximate surface area is 152 Å². The fourth-order valence-electron chi connectivity index (χ4n) is 5.73. The van der Waals surface area contributed by atoms with Crippen molar-refractivity contribution in [3.8, 4) is 0 Å². The summed E-state index contributed by atoms with van der Waals surface area (Å²) in [4.78, 5) is 10.6. The number of hydrogen-bond acceptors (Lipinski definition) is 2. The highest BCUT2D eigenvalue weighted by atomic mass is 32.2. The zero-order valence-corrected chi connectivity index (χ0v) is 16.1. The van der Waals surface area contributed by atoms with Crippen molar-refractivity contribution in [3.05, 3.63) is 0 Å². The van der Waals surface area contributed by atoms with Crippen LogP contribution in [0.3, 0.4) is 0 Å². The summed E-state index contributed by atoms with van der Waals surface area (Å²) in [6.07, 6.45) is 18.2. The molecule has 0 aliphatic heterocycles. The number of unbranched alkanes of at least 4 members (excludes halogenated alkanes) is 3. The van der Waals surface area contributed by atoms with Crippen molar-refractivity contribution in [1.82, 2.24) is 0 Å². The number of carboxylic acids is 1. The molecule has 4 unspecified atom stereocenters. The molecule has 3 saturated carbocycles. The molecule has 0 aromatic carbocycles. The molecule has 0 radical (unpaired) electrons. The Morgan fingerprint density at radius 1 is 0.875 bits per heavy atom. The van der Waals surface area contributed by atoms with Gasteiger partial charge < -0.3 is 5.11 Å². The summed E-state index contributed by atoms with van der Waals surface area (Å²) in [6, 6.07) is 0. The van der Waals surface area contributed by atoms with Crippen LogP contribution >= 0.6 is 11.8 Å². The maximum atomic E-state index is 10.6. The van der Waals surface area contributed by atoms with Crippen molar-refractivity contribution in [2.45, 2.75) is 95.1 Å². The van der Waals surface area contributed by atoms with Crippen molar-refractivity contribution in [3.63, 3.8) is 0 Å². The first-order valence-electron chi connectivity index (χ1n) is 10.6. The highest BCUT2D eigenvalue weighted by molar-refractivity contribution is 7.99. The standard InChI is InChI=1S/C21H36O2S/c22-21(23)11-7-2-1-6-10-19-16-12-13-17(14-16)20(19)15-24-18-8-4-3-5-9-18/h16-20H,1-15H2,(H,22,23). The molecule has 24 heavy (non-hydrogen) atoms. The second-order valence-corrected chi connectivity index (χ2v) is 9.93. The molecule has 0 aromatic rings. The van der Waals surface area contributed by atoms with Crippen LogP contribution in [0.1, 0.15) is 89.9 Å². The van der Waals surface area contributed by atoms with Gasteiger partial charge in [0.15, 0.2) is 0 Å². The van der Waals surface area contributed by atoms with Crippen LogP contribution in [-0.2, 0) is 4.79 Å². The van der Waals surface area contributed by atoms with Gasteiger partial charge >= 0.3 is 5.97 Å². The minimum absolute atomic E-state index is 0.356. The first-order chi connectivity index (χ1) is 11.7. The second-order valence-electron chi connectivity index (χ2n) is 8.60. The van der Waals surface area contributed by atoms with E-state index in [4.69, 9.17) is 5.11 Å². The normalized spacial score (nSPS) is 33.2. The number of carbonyl (C=O) groups is 1. The molecule has 0 aromatic heterocycles. The Morgan fingerprint density at radius 3 is 2.33 bits per heavy atom. The van der Waals surface area contributed by atoms with Crippen LogP contribution in [0.4, 0.5) is 0 Å². The smallest absolute Gasteiger partial charge is 0.303 e. The van der Waals surface area contributed by atoms with E-state index in [-0.39, 0.29) is 0 Å². The molecule has 3 fully saturated rings. The zero-order chi connectivity index (χ0) is 16.8. The van der Waals surface area contributed by atoms with E-state index in [2.05, 4.69) is 11.8 Å². The van der Waals surface area contributed by atoms with Crippen LogP contribution in [0.15, 0.2) is 0 Å². The highest BCUT2D eigenvalue weighted by Crippen LogP contribution is 2.55. The Hall–Kier alpha value is -0.180. The van der Waals surface area contributed by atoms with E-state index >= 15 is 0 Å². The molecular formula is C21H36O2S. The molecule has 2 nitrogen and oxygen atoms in total. The van der Waals surface area contributed by atoms with Crippen LogP contribution in [0.2, 0.25) is 0 Å². The van der Waals surface area contributed by atoms with Gasteiger partial charge in [-0.05, 0) is 74.4 Å². The summed E-state index contributed by atoms with van der Waals surface area (Å²) in [5, 5.41) is 9.68. The number of fused-ring (bicyclic) bond motifs is 2. The maximum Gasteiger partial charge on any atom is 0.303 e. The number of thioether (sulfide) groups is 1. The molecule has 0 spiro atoms. The van der Waals surface area contributed by atoms with E-state index in [1.54, 1.807) is 0 Å². The molecule has 3 aliphatic rings. The number of hydrogen-bond donors (Lipinski definition) is 1. The third kappa shape index (κ3) is 5.16. The minimum Gasteiger partial charge on any atom is -0.481 e. The third-order valence-electron chi connectivity index (χ3n) is 7.03. The summed E-state index contributed by atoms with van der Waals surface area (Å²) in [7, 11) is 0. The Kier molecular flexibility index (Phi) is 7.36. The lowest BCUT2D eigenvalue weighted by atomic mass is 9.77. The first-order valence-corrected chi connectivity index (χ1v) is 11.6. The number of carboxylic acid groups (broad SMARTS) is 1. The molecule has 3 aliphatic carbocycles. The molecule has 0 amide bonds. The average molecular weight is 353 g/mol. The van der Waals surface area contributed by atoms with E-state index in [0.717, 1.165) is 41.8 Å². The highest BCUT2D eigenvalue weighted by Gasteiger charge is 2.46. The second kappa shape index (κ2) is 9.50. The van der Waals surface area contributed by atoms with Crippen molar-refractivity contribution in [2.75, 3.05) is 5.75 Å². The molecular weight excluding hydrogens is 316 g/mol. The van der Waals surface area contributed by atoms with Gasteiger partial charge in [0, 0.05) is 11.7 Å². The molecule has 0 saturated heterocycles. The van der Waals surface area contributed by atoms with Gasteiger partial charge in [-0.15, -0.1) is 0 Å². The fraction of sp³-hybridized carbons (Fsp3) is 0.952. The molecule has 0 heterocycles. The van der Waals surface area contributed by atoms with Crippen LogP contribution in [0.5, 0.6) is 0 Å². The van der Waals surface area contributed by atoms with Crippen LogP contribution < -0.4 is 0 Å². The lowest BCUT2D eigenvalue weighted by molar-refractivity contribution is -0.137. The topological polar surface area (TPSA) is 37.3 Å².